The van der Waals surface area contributed by atoms with Gasteiger partial charge >= 0.3 is 0 Å². The number of amides is 1. The van der Waals surface area contributed by atoms with Crippen LogP contribution in [0.15, 0.2) is 18.2 Å². The molecule has 0 bridgehead atoms. The molecule has 0 heterocycles. The quantitative estimate of drug-likeness (QED) is 0.841. The average molecular weight is 299 g/mol. The van der Waals surface area contributed by atoms with Crippen LogP contribution >= 0.6 is 11.6 Å². The maximum atomic E-state index is 11.6. The van der Waals surface area contributed by atoms with E-state index in [4.69, 9.17) is 16.3 Å². The highest BCUT2D eigenvalue weighted by molar-refractivity contribution is 6.31. The van der Waals surface area contributed by atoms with Gasteiger partial charge in [-0.1, -0.05) is 31.5 Å². The summed E-state index contributed by atoms with van der Waals surface area (Å²) in [5.41, 5.74) is 0.890. The number of carbonyl (C=O) groups excluding carboxylic acids is 1. The van der Waals surface area contributed by atoms with E-state index >= 15 is 0 Å². The predicted molar refractivity (Wildman–Crippen MR) is 82.2 cm³/mol. The van der Waals surface area contributed by atoms with E-state index in [2.05, 4.69) is 19.2 Å². The molecule has 0 saturated carbocycles. The highest BCUT2D eigenvalue weighted by Gasteiger charge is 2.11. The highest BCUT2D eigenvalue weighted by Crippen LogP contribution is 2.26. The Morgan fingerprint density at radius 2 is 2.10 bits per heavy atom. The van der Waals surface area contributed by atoms with Gasteiger partial charge in [0.2, 0.25) is 0 Å². The lowest BCUT2D eigenvalue weighted by Gasteiger charge is -2.16. The molecule has 0 atom stereocenters. The molecule has 1 rings (SSSR count). The zero-order chi connectivity index (χ0) is 15.1. The largest absolute Gasteiger partial charge is 0.483 e. The summed E-state index contributed by atoms with van der Waals surface area (Å²) < 4.78 is 5.58. The number of rotatable bonds is 7. The molecular weight excluding hydrogens is 276 g/mol. The second-order valence-corrected chi connectivity index (χ2v) is 5.73. The summed E-state index contributed by atoms with van der Waals surface area (Å²) in [6.45, 7) is 5.84. The van der Waals surface area contributed by atoms with Gasteiger partial charge in [-0.3, -0.25) is 4.79 Å². The minimum Gasteiger partial charge on any atom is -0.483 e. The first kappa shape index (κ1) is 16.8. The van der Waals surface area contributed by atoms with E-state index in [1.807, 2.05) is 18.2 Å². The molecule has 1 amide bonds. The van der Waals surface area contributed by atoms with Gasteiger partial charge in [0.15, 0.2) is 6.61 Å². The molecule has 0 spiro atoms. The number of nitrogens with zero attached hydrogens (tertiary/aromatic N) is 1. The molecule has 0 unspecified atom stereocenters. The first-order valence-corrected chi connectivity index (χ1v) is 7.10. The van der Waals surface area contributed by atoms with Crippen molar-refractivity contribution in [1.29, 1.82) is 0 Å². The van der Waals surface area contributed by atoms with E-state index in [-0.39, 0.29) is 12.5 Å². The third-order valence-electron chi connectivity index (χ3n) is 2.78. The predicted octanol–water partition coefficient (Wildman–Crippen LogP) is 2.55. The Kier molecular flexibility index (Phi) is 6.82. The van der Waals surface area contributed by atoms with Crippen molar-refractivity contribution in [3.63, 3.8) is 0 Å². The van der Waals surface area contributed by atoms with Crippen molar-refractivity contribution >= 4 is 17.5 Å². The number of likely N-dealkylation sites (N-methyl/N-ethyl adjacent to an activating group) is 1. The summed E-state index contributed by atoms with van der Waals surface area (Å²) >= 11 is 6.21. The van der Waals surface area contributed by atoms with Crippen molar-refractivity contribution in [1.82, 2.24) is 10.2 Å². The van der Waals surface area contributed by atoms with Crippen LogP contribution in [0, 0.1) is 5.92 Å². The molecule has 0 aromatic heterocycles. The van der Waals surface area contributed by atoms with E-state index in [1.54, 1.807) is 14.1 Å². The Labute approximate surface area is 126 Å². The van der Waals surface area contributed by atoms with E-state index in [9.17, 15) is 4.79 Å². The van der Waals surface area contributed by atoms with E-state index in [0.717, 1.165) is 12.1 Å². The second kappa shape index (κ2) is 8.12. The van der Waals surface area contributed by atoms with Gasteiger partial charge in [-0.2, -0.15) is 0 Å². The lowest BCUT2D eigenvalue weighted by atomic mass is 10.1. The van der Waals surface area contributed by atoms with Gasteiger partial charge in [-0.15, -0.1) is 0 Å². The topological polar surface area (TPSA) is 41.6 Å². The monoisotopic (exact) mass is 298 g/mol. The number of nitrogens with one attached hydrogen (secondary N) is 1. The van der Waals surface area contributed by atoms with Gasteiger partial charge in [-0.05, 0) is 24.6 Å². The van der Waals surface area contributed by atoms with Crippen molar-refractivity contribution in [2.45, 2.75) is 20.4 Å². The van der Waals surface area contributed by atoms with Gasteiger partial charge in [0, 0.05) is 31.2 Å². The van der Waals surface area contributed by atoms with Crippen LogP contribution < -0.4 is 10.1 Å². The van der Waals surface area contributed by atoms with E-state index < -0.39 is 0 Å². The Balaban J connectivity index is 2.70. The number of hydrogen-bond donors (Lipinski definition) is 1. The van der Waals surface area contributed by atoms with Crippen molar-refractivity contribution in [3.8, 4) is 5.75 Å². The first-order valence-electron chi connectivity index (χ1n) is 6.73. The van der Waals surface area contributed by atoms with Crippen LogP contribution in [0.25, 0.3) is 0 Å². The molecule has 0 aliphatic rings. The molecule has 0 aliphatic carbocycles. The molecule has 1 aromatic rings. The summed E-state index contributed by atoms with van der Waals surface area (Å²) in [5, 5.41) is 3.98. The molecule has 1 aromatic carbocycles. The van der Waals surface area contributed by atoms with Gasteiger partial charge in [0.25, 0.3) is 5.91 Å². The lowest BCUT2D eigenvalue weighted by Crippen LogP contribution is -2.28. The molecule has 0 aliphatic heterocycles. The zero-order valence-corrected chi connectivity index (χ0v) is 13.3. The Hall–Kier alpha value is -1.26. The normalized spacial score (nSPS) is 10.7. The molecule has 1 N–H and O–H groups in total. The summed E-state index contributed by atoms with van der Waals surface area (Å²) in [6.07, 6.45) is 0. The standard InChI is InChI=1S/C15H23ClN2O2/c1-11(2)8-17-9-12-13(16)6-5-7-14(12)20-10-15(19)18(3)4/h5-7,11,17H,8-10H2,1-4H3. The molecule has 5 heteroatoms. The van der Waals surface area contributed by atoms with Crippen LogP contribution in [0.4, 0.5) is 0 Å². The number of ether oxygens (including phenoxy) is 1. The molecular formula is C15H23ClN2O2. The Morgan fingerprint density at radius 3 is 2.70 bits per heavy atom. The van der Waals surface area contributed by atoms with Crippen LogP contribution in [-0.4, -0.2) is 38.1 Å². The third kappa shape index (κ3) is 5.39. The number of carbonyl (C=O) groups is 1. The summed E-state index contributed by atoms with van der Waals surface area (Å²) in [7, 11) is 3.41. The SMILES string of the molecule is CC(C)CNCc1c(Cl)cccc1OCC(=O)N(C)C. The van der Waals surface area contributed by atoms with Crippen LogP contribution in [0.1, 0.15) is 19.4 Å². The smallest absolute Gasteiger partial charge is 0.259 e. The fourth-order valence-electron chi connectivity index (χ4n) is 1.60. The van der Waals surface area contributed by atoms with Crippen molar-refractivity contribution in [2.24, 2.45) is 5.92 Å². The van der Waals surface area contributed by atoms with Gasteiger partial charge in [-0.25, -0.2) is 0 Å². The fourth-order valence-corrected chi connectivity index (χ4v) is 1.83. The minimum atomic E-state index is -0.0777. The minimum absolute atomic E-state index is 0.0184. The first-order chi connectivity index (χ1) is 9.41. The van der Waals surface area contributed by atoms with Crippen LogP contribution in [0.5, 0.6) is 5.75 Å². The fraction of sp³-hybridized carbons (Fsp3) is 0.533. The van der Waals surface area contributed by atoms with Crippen LogP contribution in [0.3, 0.4) is 0 Å². The van der Waals surface area contributed by atoms with E-state index in [0.29, 0.717) is 23.2 Å². The zero-order valence-electron chi connectivity index (χ0n) is 12.6. The van der Waals surface area contributed by atoms with Crippen LogP contribution in [-0.2, 0) is 11.3 Å². The molecule has 0 saturated heterocycles. The van der Waals surface area contributed by atoms with Gasteiger partial charge < -0.3 is 15.0 Å². The van der Waals surface area contributed by atoms with Gasteiger partial charge in [0.05, 0.1) is 0 Å². The average Bonchev–Trinajstić information content (AvgIpc) is 2.37. The number of hydrogen-bond acceptors (Lipinski definition) is 3. The maximum absolute atomic E-state index is 11.6. The highest BCUT2D eigenvalue weighted by atomic mass is 35.5. The summed E-state index contributed by atoms with van der Waals surface area (Å²) in [4.78, 5) is 13.1. The Morgan fingerprint density at radius 1 is 1.40 bits per heavy atom. The van der Waals surface area contributed by atoms with Crippen molar-refractivity contribution < 1.29 is 9.53 Å². The maximum Gasteiger partial charge on any atom is 0.259 e. The molecule has 20 heavy (non-hydrogen) atoms. The third-order valence-corrected chi connectivity index (χ3v) is 3.13. The van der Waals surface area contributed by atoms with Crippen molar-refractivity contribution in [3.05, 3.63) is 28.8 Å². The van der Waals surface area contributed by atoms with E-state index in [1.165, 1.54) is 4.90 Å². The molecule has 4 nitrogen and oxygen atoms in total. The second-order valence-electron chi connectivity index (χ2n) is 5.32. The van der Waals surface area contributed by atoms with Crippen LogP contribution in [0.2, 0.25) is 5.02 Å². The molecule has 112 valence electrons. The number of benzene rings is 1. The summed E-state index contributed by atoms with van der Waals surface area (Å²) in [6, 6.07) is 5.49. The Bertz CT molecular complexity index is 447. The summed E-state index contributed by atoms with van der Waals surface area (Å²) in [5.74, 6) is 1.15. The molecule has 0 radical (unpaired) electrons. The number of halogens is 1. The van der Waals surface area contributed by atoms with Crippen molar-refractivity contribution in [2.75, 3.05) is 27.2 Å². The van der Waals surface area contributed by atoms with Gasteiger partial charge in [0.1, 0.15) is 5.75 Å². The molecule has 0 fully saturated rings. The lowest BCUT2D eigenvalue weighted by molar-refractivity contribution is -0.130.